The molecular weight excluding hydrogens is 374 g/mol. The van der Waals surface area contributed by atoms with Crippen LogP contribution in [0.15, 0.2) is 106 Å². The zero-order chi connectivity index (χ0) is 20.5. The molecule has 5 aromatic rings. The summed E-state index contributed by atoms with van der Waals surface area (Å²) in [6, 6.07) is 29.9. The van der Waals surface area contributed by atoms with Crippen molar-refractivity contribution in [3.05, 3.63) is 113 Å². The van der Waals surface area contributed by atoms with E-state index in [9.17, 15) is 9.59 Å². The van der Waals surface area contributed by atoms with Gasteiger partial charge in [-0.25, -0.2) is 4.79 Å². The number of hydrogen-bond acceptors (Lipinski definition) is 3. The molecule has 5 rings (SSSR count). The van der Waals surface area contributed by atoms with E-state index in [0.29, 0.717) is 22.4 Å². The summed E-state index contributed by atoms with van der Waals surface area (Å²) in [5.74, 6) is -0.182. The van der Waals surface area contributed by atoms with Gasteiger partial charge in [-0.2, -0.15) is 0 Å². The van der Waals surface area contributed by atoms with Crippen molar-refractivity contribution < 1.29 is 9.21 Å². The average Bonchev–Trinajstić information content (AvgIpc) is 2.79. The lowest BCUT2D eigenvalue weighted by atomic mass is 10.1. The van der Waals surface area contributed by atoms with Crippen LogP contribution in [0.1, 0.15) is 10.4 Å². The summed E-state index contributed by atoms with van der Waals surface area (Å²) < 4.78 is 5.41. The van der Waals surface area contributed by atoms with Crippen LogP contribution in [-0.4, -0.2) is 5.91 Å². The van der Waals surface area contributed by atoms with Crippen molar-refractivity contribution in [3.63, 3.8) is 0 Å². The maximum Gasteiger partial charge on any atom is 0.344 e. The van der Waals surface area contributed by atoms with E-state index in [1.54, 1.807) is 30.3 Å². The molecule has 30 heavy (non-hydrogen) atoms. The van der Waals surface area contributed by atoms with E-state index in [-0.39, 0.29) is 11.5 Å². The van der Waals surface area contributed by atoms with E-state index in [2.05, 4.69) is 5.32 Å². The monoisotopic (exact) mass is 391 g/mol. The zero-order valence-electron chi connectivity index (χ0n) is 16.0. The summed E-state index contributed by atoms with van der Waals surface area (Å²) in [7, 11) is 0. The summed E-state index contributed by atoms with van der Waals surface area (Å²) in [4.78, 5) is 25.0. The smallest absolute Gasteiger partial charge is 0.344 e. The predicted octanol–water partition coefficient (Wildman–Crippen LogP) is 5.87. The summed E-state index contributed by atoms with van der Waals surface area (Å²) in [5, 5.41) is 5.87. The van der Waals surface area contributed by atoms with Crippen molar-refractivity contribution in [2.24, 2.45) is 0 Å². The van der Waals surface area contributed by atoms with Crippen molar-refractivity contribution in [2.45, 2.75) is 0 Å². The molecule has 1 aromatic heterocycles. The van der Waals surface area contributed by atoms with Gasteiger partial charge in [-0.15, -0.1) is 0 Å². The van der Waals surface area contributed by atoms with Gasteiger partial charge < -0.3 is 9.73 Å². The molecule has 0 saturated heterocycles. The van der Waals surface area contributed by atoms with Crippen LogP contribution in [0.25, 0.3) is 32.9 Å². The molecule has 0 atom stereocenters. The number of amides is 1. The third-order valence-electron chi connectivity index (χ3n) is 5.11. The van der Waals surface area contributed by atoms with Crippen LogP contribution in [0.3, 0.4) is 0 Å². The van der Waals surface area contributed by atoms with Crippen LogP contribution in [0.2, 0.25) is 0 Å². The lowest BCUT2D eigenvalue weighted by Crippen LogP contribution is -2.11. The lowest BCUT2D eigenvalue weighted by Gasteiger charge is -2.08. The summed E-state index contributed by atoms with van der Waals surface area (Å²) in [6.45, 7) is 0. The number of nitrogens with one attached hydrogen (secondary N) is 1. The van der Waals surface area contributed by atoms with Crippen molar-refractivity contribution in [3.8, 4) is 11.1 Å². The third kappa shape index (κ3) is 3.35. The summed E-state index contributed by atoms with van der Waals surface area (Å²) >= 11 is 0. The first kappa shape index (κ1) is 17.9. The first-order valence-electron chi connectivity index (χ1n) is 9.61. The molecule has 0 radical (unpaired) electrons. The highest BCUT2D eigenvalue weighted by molar-refractivity contribution is 6.06. The van der Waals surface area contributed by atoms with Gasteiger partial charge in [0, 0.05) is 16.6 Å². The Kier molecular flexibility index (Phi) is 4.37. The zero-order valence-corrected chi connectivity index (χ0v) is 16.0. The molecular formula is C26H17NO3. The van der Waals surface area contributed by atoms with Crippen molar-refractivity contribution in [1.82, 2.24) is 0 Å². The van der Waals surface area contributed by atoms with Gasteiger partial charge in [-0.1, -0.05) is 60.7 Å². The molecule has 1 N–H and O–H groups in total. The second-order valence-electron chi connectivity index (χ2n) is 7.08. The molecule has 0 saturated carbocycles. The van der Waals surface area contributed by atoms with Gasteiger partial charge in [0.25, 0.3) is 5.91 Å². The van der Waals surface area contributed by atoms with Crippen molar-refractivity contribution in [1.29, 1.82) is 0 Å². The Bertz CT molecular complexity index is 1450. The lowest BCUT2D eigenvalue weighted by molar-refractivity contribution is 0.102. The molecule has 0 unspecified atom stereocenters. The Morgan fingerprint density at radius 1 is 0.700 bits per heavy atom. The molecule has 1 heterocycles. The van der Waals surface area contributed by atoms with Crippen LogP contribution in [-0.2, 0) is 0 Å². The third-order valence-corrected chi connectivity index (χ3v) is 5.11. The molecule has 0 aliphatic rings. The van der Waals surface area contributed by atoms with Gasteiger partial charge in [0.05, 0.1) is 5.56 Å². The fraction of sp³-hybridized carbons (Fsp3) is 0. The predicted molar refractivity (Wildman–Crippen MR) is 120 cm³/mol. The van der Waals surface area contributed by atoms with E-state index >= 15 is 0 Å². The second kappa shape index (κ2) is 7.33. The first-order valence-corrected chi connectivity index (χ1v) is 9.61. The van der Waals surface area contributed by atoms with Gasteiger partial charge in [0.15, 0.2) is 0 Å². The number of para-hydroxylation sites is 1. The van der Waals surface area contributed by atoms with Gasteiger partial charge >= 0.3 is 5.63 Å². The molecule has 0 aliphatic carbocycles. The summed E-state index contributed by atoms with van der Waals surface area (Å²) in [6.07, 6.45) is 0. The van der Waals surface area contributed by atoms with Crippen LogP contribution in [0.4, 0.5) is 5.69 Å². The highest BCUT2D eigenvalue weighted by Gasteiger charge is 2.10. The van der Waals surface area contributed by atoms with Crippen LogP contribution in [0, 0.1) is 0 Å². The normalized spacial score (nSPS) is 10.9. The molecule has 0 aliphatic heterocycles. The van der Waals surface area contributed by atoms with E-state index in [4.69, 9.17) is 4.42 Å². The standard InChI is InChI=1S/C26H17NO3/c28-25(21-10-9-17-5-1-2-6-19(17)15-21)27-22-13-11-18(12-14-22)23-16-20-7-3-4-8-24(20)30-26(23)29/h1-16H,(H,27,28). The van der Waals surface area contributed by atoms with Crippen LogP contribution in [0.5, 0.6) is 0 Å². The fourth-order valence-corrected chi connectivity index (χ4v) is 3.53. The number of benzene rings is 4. The largest absolute Gasteiger partial charge is 0.422 e. The van der Waals surface area contributed by atoms with Crippen LogP contribution < -0.4 is 10.9 Å². The topological polar surface area (TPSA) is 59.3 Å². The van der Waals surface area contributed by atoms with Crippen molar-refractivity contribution >= 4 is 33.3 Å². The minimum atomic E-state index is -0.387. The van der Waals surface area contributed by atoms with E-state index in [1.165, 1.54) is 0 Å². The van der Waals surface area contributed by atoms with E-state index in [1.807, 2.05) is 66.7 Å². The Hall–Kier alpha value is -4.18. The number of carbonyl (C=O) groups excluding carboxylic acids is 1. The quantitative estimate of drug-likeness (QED) is 0.392. The fourth-order valence-electron chi connectivity index (χ4n) is 3.53. The van der Waals surface area contributed by atoms with Gasteiger partial charge in [-0.3, -0.25) is 4.79 Å². The molecule has 0 bridgehead atoms. The number of anilines is 1. The van der Waals surface area contributed by atoms with Gasteiger partial charge in [0.2, 0.25) is 0 Å². The Morgan fingerprint density at radius 2 is 1.40 bits per heavy atom. The van der Waals surface area contributed by atoms with Crippen LogP contribution >= 0.6 is 0 Å². The van der Waals surface area contributed by atoms with E-state index < -0.39 is 0 Å². The Balaban J connectivity index is 1.40. The summed E-state index contributed by atoms with van der Waals surface area (Å²) in [5.41, 5.74) is 2.64. The molecule has 4 nitrogen and oxygen atoms in total. The molecule has 144 valence electrons. The molecule has 4 aromatic carbocycles. The van der Waals surface area contributed by atoms with Gasteiger partial charge in [-0.05, 0) is 52.7 Å². The molecule has 0 fully saturated rings. The van der Waals surface area contributed by atoms with E-state index in [0.717, 1.165) is 21.7 Å². The molecule has 1 amide bonds. The molecule has 4 heteroatoms. The minimum Gasteiger partial charge on any atom is -0.422 e. The number of fused-ring (bicyclic) bond motifs is 2. The molecule has 0 spiro atoms. The first-order chi connectivity index (χ1) is 14.7. The second-order valence-corrected chi connectivity index (χ2v) is 7.08. The Morgan fingerprint density at radius 3 is 2.20 bits per heavy atom. The minimum absolute atomic E-state index is 0.182. The van der Waals surface area contributed by atoms with Crippen molar-refractivity contribution in [2.75, 3.05) is 5.32 Å². The Labute approximate surface area is 172 Å². The highest BCUT2D eigenvalue weighted by Crippen LogP contribution is 2.23. The number of carbonyl (C=O) groups is 1. The number of rotatable bonds is 3. The van der Waals surface area contributed by atoms with Gasteiger partial charge in [0.1, 0.15) is 5.58 Å². The highest BCUT2D eigenvalue weighted by atomic mass is 16.4. The maximum absolute atomic E-state index is 12.6. The number of hydrogen-bond donors (Lipinski definition) is 1. The average molecular weight is 391 g/mol. The maximum atomic E-state index is 12.6. The SMILES string of the molecule is O=C(Nc1ccc(-c2cc3ccccc3oc2=O)cc1)c1ccc2ccccc2c1.